The Bertz CT molecular complexity index is 482. The van der Waals surface area contributed by atoms with Crippen LogP contribution in [0.25, 0.3) is 11.3 Å². The predicted molar refractivity (Wildman–Crippen MR) is 62.8 cm³/mol. The summed E-state index contributed by atoms with van der Waals surface area (Å²) in [5.74, 6) is 0.710. The average molecular weight is 214 g/mol. The summed E-state index contributed by atoms with van der Waals surface area (Å²) in [5.41, 5.74) is 3.16. The molecule has 1 heterocycles. The second-order valence-electron chi connectivity index (χ2n) is 3.66. The van der Waals surface area contributed by atoms with Crippen LogP contribution in [0.3, 0.4) is 0 Å². The van der Waals surface area contributed by atoms with E-state index in [1.807, 2.05) is 19.2 Å². The van der Waals surface area contributed by atoms with E-state index in [1.165, 1.54) is 5.56 Å². The van der Waals surface area contributed by atoms with E-state index in [0.717, 1.165) is 11.3 Å². The van der Waals surface area contributed by atoms with Crippen molar-refractivity contribution >= 4 is 0 Å². The van der Waals surface area contributed by atoms with Gasteiger partial charge in [0.2, 0.25) is 0 Å². The Balaban J connectivity index is 2.36. The Morgan fingerprint density at radius 2 is 2.19 bits per heavy atom. The molecule has 0 amide bonds. The van der Waals surface area contributed by atoms with Gasteiger partial charge in [-0.25, -0.2) is 4.98 Å². The summed E-state index contributed by atoms with van der Waals surface area (Å²) in [5, 5.41) is 10.9. The van der Waals surface area contributed by atoms with Gasteiger partial charge in [-0.15, -0.1) is 5.10 Å². The molecule has 2 aromatic rings. The Hall–Kier alpha value is -1.81. The highest BCUT2D eigenvalue weighted by Crippen LogP contribution is 2.16. The first-order chi connectivity index (χ1) is 7.79. The molecule has 0 aliphatic rings. The van der Waals surface area contributed by atoms with Crippen LogP contribution in [0.4, 0.5) is 0 Å². The van der Waals surface area contributed by atoms with Crippen molar-refractivity contribution in [3.8, 4) is 11.3 Å². The van der Waals surface area contributed by atoms with Crippen LogP contribution in [0, 0.1) is 6.92 Å². The number of hydrogen-bond acceptors (Lipinski definition) is 4. The van der Waals surface area contributed by atoms with Crippen LogP contribution in [0.2, 0.25) is 0 Å². The molecule has 0 saturated heterocycles. The van der Waals surface area contributed by atoms with E-state index in [9.17, 15) is 0 Å². The number of benzene rings is 1. The zero-order valence-corrected chi connectivity index (χ0v) is 9.44. The SMILES string of the molecule is CNCc1nncc(-c2cccc(C)c2)n1. The van der Waals surface area contributed by atoms with Crippen LogP contribution in [0.5, 0.6) is 0 Å². The molecule has 4 nitrogen and oxygen atoms in total. The lowest BCUT2D eigenvalue weighted by Crippen LogP contribution is -2.10. The average Bonchev–Trinajstić information content (AvgIpc) is 2.30. The van der Waals surface area contributed by atoms with Crippen molar-refractivity contribution in [3.63, 3.8) is 0 Å². The number of aryl methyl sites for hydroxylation is 1. The van der Waals surface area contributed by atoms with Crippen LogP contribution >= 0.6 is 0 Å². The molecular weight excluding hydrogens is 200 g/mol. The molecule has 0 aliphatic carbocycles. The molecule has 2 rings (SSSR count). The maximum absolute atomic E-state index is 4.44. The summed E-state index contributed by atoms with van der Waals surface area (Å²) < 4.78 is 0. The van der Waals surface area contributed by atoms with E-state index in [2.05, 4.69) is 39.6 Å². The minimum Gasteiger partial charge on any atom is -0.313 e. The smallest absolute Gasteiger partial charge is 0.165 e. The van der Waals surface area contributed by atoms with E-state index in [-0.39, 0.29) is 0 Å². The fourth-order valence-electron chi connectivity index (χ4n) is 1.52. The molecule has 0 aliphatic heterocycles. The van der Waals surface area contributed by atoms with E-state index in [1.54, 1.807) is 6.20 Å². The standard InChI is InChI=1S/C12H14N4/c1-9-4-3-5-10(6-9)11-7-14-16-12(15-11)8-13-2/h3-7,13H,8H2,1-2H3. The first-order valence-electron chi connectivity index (χ1n) is 5.20. The van der Waals surface area contributed by atoms with Crippen LogP contribution in [-0.2, 0) is 6.54 Å². The van der Waals surface area contributed by atoms with Crippen LogP contribution in [0.1, 0.15) is 11.4 Å². The second-order valence-corrected chi connectivity index (χ2v) is 3.66. The van der Waals surface area contributed by atoms with Crippen molar-refractivity contribution in [1.29, 1.82) is 0 Å². The van der Waals surface area contributed by atoms with Gasteiger partial charge >= 0.3 is 0 Å². The summed E-state index contributed by atoms with van der Waals surface area (Å²) in [7, 11) is 1.86. The van der Waals surface area contributed by atoms with E-state index in [0.29, 0.717) is 12.4 Å². The first-order valence-corrected chi connectivity index (χ1v) is 5.20. The lowest BCUT2D eigenvalue weighted by molar-refractivity contribution is 0.731. The van der Waals surface area contributed by atoms with Crippen molar-refractivity contribution in [3.05, 3.63) is 41.9 Å². The maximum atomic E-state index is 4.44. The highest BCUT2D eigenvalue weighted by atomic mass is 15.2. The normalized spacial score (nSPS) is 10.4. The highest BCUT2D eigenvalue weighted by molar-refractivity contribution is 5.58. The Morgan fingerprint density at radius 1 is 1.31 bits per heavy atom. The quantitative estimate of drug-likeness (QED) is 0.842. The molecule has 0 saturated carbocycles. The zero-order chi connectivity index (χ0) is 11.4. The number of nitrogens with zero attached hydrogens (tertiary/aromatic N) is 3. The Kier molecular flexibility index (Phi) is 3.22. The Labute approximate surface area is 94.8 Å². The van der Waals surface area contributed by atoms with Gasteiger partial charge in [0.25, 0.3) is 0 Å². The minimum absolute atomic E-state index is 0.632. The van der Waals surface area contributed by atoms with Crippen molar-refractivity contribution in [1.82, 2.24) is 20.5 Å². The summed E-state index contributed by atoms with van der Waals surface area (Å²) >= 11 is 0. The fraction of sp³-hybridized carbons (Fsp3) is 0.250. The third kappa shape index (κ3) is 2.41. The summed E-state index contributed by atoms with van der Waals surface area (Å²) in [4.78, 5) is 4.44. The summed E-state index contributed by atoms with van der Waals surface area (Å²) in [6, 6.07) is 8.20. The molecular formula is C12H14N4. The molecule has 0 unspecified atom stereocenters. The predicted octanol–water partition coefficient (Wildman–Crippen LogP) is 1.57. The minimum atomic E-state index is 0.632. The van der Waals surface area contributed by atoms with Crippen molar-refractivity contribution in [2.45, 2.75) is 13.5 Å². The molecule has 4 heteroatoms. The Morgan fingerprint density at radius 3 is 2.94 bits per heavy atom. The van der Waals surface area contributed by atoms with Gasteiger partial charge < -0.3 is 5.32 Å². The number of nitrogens with one attached hydrogen (secondary N) is 1. The monoisotopic (exact) mass is 214 g/mol. The zero-order valence-electron chi connectivity index (χ0n) is 9.44. The molecule has 0 radical (unpaired) electrons. The van der Waals surface area contributed by atoms with Crippen LogP contribution in [0.15, 0.2) is 30.5 Å². The third-order valence-corrected chi connectivity index (χ3v) is 2.25. The van der Waals surface area contributed by atoms with Crippen LogP contribution in [-0.4, -0.2) is 22.2 Å². The van der Waals surface area contributed by atoms with E-state index >= 15 is 0 Å². The molecule has 1 N–H and O–H groups in total. The van der Waals surface area contributed by atoms with Crippen molar-refractivity contribution in [2.75, 3.05) is 7.05 Å². The van der Waals surface area contributed by atoms with Gasteiger partial charge in [0, 0.05) is 5.56 Å². The molecule has 1 aromatic heterocycles. The summed E-state index contributed by atoms with van der Waals surface area (Å²) in [6.45, 7) is 2.69. The van der Waals surface area contributed by atoms with Gasteiger partial charge in [-0.05, 0) is 20.0 Å². The highest BCUT2D eigenvalue weighted by Gasteiger charge is 2.02. The number of rotatable bonds is 3. The van der Waals surface area contributed by atoms with Gasteiger partial charge in [-0.1, -0.05) is 23.8 Å². The van der Waals surface area contributed by atoms with Gasteiger partial charge in [0.1, 0.15) is 0 Å². The van der Waals surface area contributed by atoms with Crippen molar-refractivity contribution in [2.24, 2.45) is 0 Å². The molecule has 82 valence electrons. The van der Waals surface area contributed by atoms with E-state index < -0.39 is 0 Å². The first kappa shape index (κ1) is 10.7. The largest absolute Gasteiger partial charge is 0.313 e. The third-order valence-electron chi connectivity index (χ3n) is 2.25. The molecule has 0 spiro atoms. The van der Waals surface area contributed by atoms with Gasteiger partial charge in [0.15, 0.2) is 5.82 Å². The molecule has 16 heavy (non-hydrogen) atoms. The second kappa shape index (κ2) is 4.81. The van der Waals surface area contributed by atoms with Gasteiger partial charge in [-0.3, -0.25) is 0 Å². The lowest BCUT2D eigenvalue weighted by atomic mass is 10.1. The van der Waals surface area contributed by atoms with E-state index in [4.69, 9.17) is 0 Å². The van der Waals surface area contributed by atoms with Crippen molar-refractivity contribution < 1.29 is 0 Å². The summed E-state index contributed by atoms with van der Waals surface area (Å²) in [6.07, 6.45) is 1.69. The lowest BCUT2D eigenvalue weighted by Gasteiger charge is -2.03. The molecule has 0 atom stereocenters. The maximum Gasteiger partial charge on any atom is 0.165 e. The fourth-order valence-corrected chi connectivity index (χ4v) is 1.52. The number of aromatic nitrogens is 3. The topological polar surface area (TPSA) is 50.7 Å². The van der Waals surface area contributed by atoms with Gasteiger partial charge in [0.05, 0.1) is 18.4 Å². The molecule has 0 fully saturated rings. The molecule has 0 bridgehead atoms. The molecule has 1 aromatic carbocycles. The van der Waals surface area contributed by atoms with Crippen LogP contribution < -0.4 is 5.32 Å². The number of hydrogen-bond donors (Lipinski definition) is 1. The van der Waals surface area contributed by atoms with Gasteiger partial charge in [-0.2, -0.15) is 5.10 Å².